The number of likely N-dealkylation sites (tertiary alicyclic amines) is 1. The number of carbonyl (C=O) groups excluding carboxylic acids is 2. The Balaban J connectivity index is 1.93. The largest absolute Gasteiger partial charge is 0.460 e. The molecule has 1 aromatic rings. The number of para-hydroxylation sites is 1. The van der Waals surface area contributed by atoms with E-state index in [0.29, 0.717) is 17.8 Å². The Kier molecular flexibility index (Phi) is 5.13. The molecule has 1 aliphatic rings. The van der Waals surface area contributed by atoms with E-state index in [9.17, 15) is 9.59 Å². The van der Waals surface area contributed by atoms with E-state index in [-0.39, 0.29) is 18.7 Å². The first-order valence-corrected chi connectivity index (χ1v) is 7.79. The molecule has 23 heavy (non-hydrogen) atoms. The summed E-state index contributed by atoms with van der Waals surface area (Å²) < 4.78 is 10.7. The second-order valence-electron chi connectivity index (χ2n) is 6.66. The third-order valence-corrected chi connectivity index (χ3v) is 3.59. The minimum Gasteiger partial charge on any atom is -0.460 e. The van der Waals surface area contributed by atoms with Gasteiger partial charge >= 0.3 is 12.1 Å². The number of anilines is 1. The molecule has 0 saturated carbocycles. The van der Waals surface area contributed by atoms with E-state index in [1.54, 1.807) is 29.2 Å². The van der Waals surface area contributed by atoms with Crippen LogP contribution in [-0.4, -0.2) is 41.8 Å². The lowest BCUT2D eigenvalue weighted by Crippen LogP contribution is -2.42. The van der Waals surface area contributed by atoms with Gasteiger partial charge in [0.25, 0.3) is 0 Å². The average molecular weight is 320 g/mol. The highest BCUT2D eigenvalue weighted by molar-refractivity contribution is 5.95. The average Bonchev–Trinajstić information content (AvgIpc) is 2.92. The molecule has 0 bridgehead atoms. The first-order chi connectivity index (χ1) is 10.8. The van der Waals surface area contributed by atoms with Crippen molar-refractivity contribution < 1.29 is 19.1 Å². The number of esters is 1. The predicted molar refractivity (Wildman–Crippen MR) is 87.1 cm³/mol. The Morgan fingerprint density at radius 2 is 2.00 bits per heavy atom. The first-order valence-electron chi connectivity index (χ1n) is 7.79. The molecule has 1 heterocycles. The van der Waals surface area contributed by atoms with Gasteiger partial charge in [-0.1, -0.05) is 12.1 Å². The van der Waals surface area contributed by atoms with Crippen molar-refractivity contribution in [2.24, 2.45) is 0 Å². The van der Waals surface area contributed by atoms with Gasteiger partial charge in [-0.15, -0.1) is 0 Å². The summed E-state index contributed by atoms with van der Waals surface area (Å²) in [4.78, 5) is 25.9. The Hall–Kier alpha value is -2.24. The SMILES string of the molecule is CC(C)(C)OC(=O)N1CCC[C@@H]1COC(=O)c1ccccc1N. The van der Waals surface area contributed by atoms with Crippen molar-refractivity contribution in [2.45, 2.75) is 45.3 Å². The van der Waals surface area contributed by atoms with Crippen LogP contribution < -0.4 is 5.73 Å². The van der Waals surface area contributed by atoms with Gasteiger partial charge in [-0.25, -0.2) is 9.59 Å². The predicted octanol–water partition coefficient (Wildman–Crippen LogP) is 2.83. The van der Waals surface area contributed by atoms with Gasteiger partial charge in [0.15, 0.2) is 0 Å². The number of rotatable bonds is 3. The minimum atomic E-state index is -0.542. The van der Waals surface area contributed by atoms with E-state index in [0.717, 1.165) is 12.8 Å². The maximum Gasteiger partial charge on any atom is 0.410 e. The monoisotopic (exact) mass is 320 g/mol. The molecular weight excluding hydrogens is 296 g/mol. The summed E-state index contributed by atoms with van der Waals surface area (Å²) in [7, 11) is 0. The number of amides is 1. The smallest absolute Gasteiger partial charge is 0.410 e. The Labute approximate surface area is 136 Å². The highest BCUT2D eigenvalue weighted by Gasteiger charge is 2.33. The molecule has 6 nitrogen and oxygen atoms in total. The highest BCUT2D eigenvalue weighted by Crippen LogP contribution is 2.22. The zero-order valence-corrected chi connectivity index (χ0v) is 13.9. The Bertz CT molecular complexity index is 580. The van der Waals surface area contributed by atoms with Crippen LogP contribution in [0.2, 0.25) is 0 Å². The van der Waals surface area contributed by atoms with E-state index < -0.39 is 11.6 Å². The maximum atomic E-state index is 12.2. The molecule has 0 aliphatic carbocycles. The number of benzene rings is 1. The lowest BCUT2D eigenvalue weighted by molar-refractivity contribution is 0.0106. The van der Waals surface area contributed by atoms with Crippen LogP contribution in [0.4, 0.5) is 10.5 Å². The standard InChI is InChI=1S/C17H24N2O4/c1-17(2,3)23-16(21)19-10-6-7-12(19)11-22-15(20)13-8-4-5-9-14(13)18/h4-5,8-9,12H,6-7,10-11,18H2,1-3H3/t12-/m1/s1. The van der Waals surface area contributed by atoms with Crippen LogP contribution in [0.5, 0.6) is 0 Å². The molecule has 1 saturated heterocycles. The van der Waals surface area contributed by atoms with E-state index in [4.69, 9.17) is 15.2 Å². The van der Waals surface area contributed by atoms with Crippen LogP contribution in [0.3, 0.4) is 0 Å². The lowest BCUT2D eigenvalue weighted by Gasteiger charge is -2.28. The van der Waals surface area contributed by atoms with Crippen LogP contribution in [-0.2, 0) is 9.47 Å². The van der Waals surface area contributed by atoms with Gasteiger partial charge in [-0.05, 0) is 45.7 Å². The number of ether oxygens (including phenoxy) is 2. The number of nitrogens with two attached hydrogens (primary N) is 1. The van der Waals surface area contributed by atoms with Crippen LogP contribution >= 0.6 is 0 Å². The molecule has 1 aliphatic heterocycles. The topological polar surface area (TPSA) is 81.9 Å². The second-order valence-corrected chi connectivity index (χ2v) is 6.66. The summed E-state index contributed by atoms with van der Waals surface area (Å²) >= 11 is 0. The maximum absolute atomic E-state index is 12.2. The van der Waals surface area contributed by atoms with Crippen LogP contribution in [0.1, 0.15) is 44.0 Å². The van der Waals surface area contributed by atoms with Gasteiger partial charge in [0.1, 0.15) is 12.2 Å². The molecule has 1 fully saturated rings. The third kappa shape index (κ3) is 4.61. The molecule has 0 unspecified atom stereocenters. The number of nitrogens with zero attached hydrogens (tertiary/aromatic N) is 1. The molecule has 0 radical (unpaired) electrons. The first kappa shape index (κ1) is 17.1. The molecule has 6 heteroatoms. The molecule has 0 aromatic heterocycles. The van der Waals surface area contributed by atoms with Gasteiger partial charge < -0.3 is 20.1 Å². The van der Waals surface area contributed by atoms with Crippen molar-refractivity contribution in [2.75, 3.05) is 18.9 Å². The molecule has 1 aromatic carbocycles. The van der Waals surface area contributed by atoms with Gasteiger partial charge in [0.05, 0.1) is 11.6 Å². The van der Waals surface area contributed by atoms with Crippen LogP contribution in [0, 0.1) is 0 Å². The van der Waals surface area contributed by atoms with E-state index in [1.807, 2.05) is 20.8 Å². The molecule has 2 rings (SSSR count). The summed E-state index contributed by atoms with van der Waals surface area (Å²) in [6.07, 6.45) is 1.29. The fourth-order valence-electron chi connectivity index (χ4n) is 2.50. The molecule has 2 N–H and O–H groups in total. The van der Waals surface area contributed by atoms with Crippen LogP contribution in [0.25, 0.3) is 0 Å². The summed E-state index contributed by atoms with van der Waals surface area (Å²) in [6, 6.07) is 6.61. The molecule has 126 valence electrons. The molecule has 1 amide bonds. The number of carbonyl (C=O) groups is 2. The summed E-state index contributed by atoms with van der Waals surface area (Å²) in [6.45, 7) is 6.24. The zero-order chi connectivity index (χ0) is 17.0. The Morgan fingerprint density at radius 3 is 2.65 bits per heavy atom. The molecule has 1 atom stereocenters. The summed E-state index contributed by atoms with van der Waals surface area (Å²) in [5, 5.41) is 0. The van der Waals surface area contributed by atoms with Gasteiger partial charge in [-0.3, -0.25) is 0 Å². The zero-order valence-electron chi connectivity index (χ0n) is 13.9. The normalized spacial score (nSPS) is 17.9. The van der Waals surface area contributed by atoms with Crippen molar-refractivity contribution in [3.05, 3.63) is 29.8 Å². The van der Waals surface area contributed by atoms with Gasteiger partial charge in [0.2, 0.25) is 0 Å². The fourth-order valence-corrected chi connectivity index (χ4v) is 2.50. The van der Waals surface area contributed by atoms with Crippen LogP contribution in [0.15, 0.2) is 24.3 Å². The van der Waals surface area contributed by atoms with E-state index >= 15 is 0 Å². The molecule has 0 spiro atoms. The van der Waals surface area contributed by atoms with Crippen molar-refractivity contribution in [1.82, 2.24) is 4.90 Å². The summed E-state index contributed by atoms with van der Waals surface area (Å²) in [5.74, 6) is -0.473. The lowest BCUT2D eigenvalue weighted by atomic mass is 10.2. The van der Waals surface area contributed by atoms with E-state index in [1.165, 1.54) is 0 Å². The highest BCUT2D eigenvalue weighted by atomic mass is 16.6. The quantitative estimate of drug-likeness (QED) is 0.684. The van der Waals surface area contributed by atoms with Gasteiger partial charge in [-0.2, -0.15) is 0 Å². The fraction of sp³-hybridized carbons (Fsp3) is 0.529. The third-order valence-electron chi connectivity index (χ3n) is 3.59. The number of hydrogen-bond donors (Lipinski definition) is 1. The second kappa shape index (κ2) is 6.89. The minimum absolute atomic E-state index is 0.145. The summed E-state index contributed by atoms with van der Waals surface area (Å²) in [5.41, 5.74) is 5.95. The van der Waals surface area contributed by atoms with Crippen molar-refractivity contribution in [1.29, 1.82) is 0 Å². The molecular formula is C17H24N2O4. The number of nitrogen functional groups attached to an aromatic ring is 1. The van der Waals surface area contributed by atoms with E-state index in [2.05, 4.69) is 0 Å². The van der Waals surface area contributed by atoms with Gasteiger partial charge in [0, 0.05) is 12.2 Å². The van der Waals surface area contributed by atoms with Crippen molar-refractivity contribution in [3.8, 4) is 0 Å². The Morgan fingerprint density at radius 1 is 1.30 bits per heavy atom. The number of hydrogen-bond acceptors (Lipinski definition) is 5. The van der Waals surface area contributed by atoms with Crippen molar-refractivity contribution >= 4 is 17.7 Å². The van der Waals surface area contributed by atoms with Crippen molar-refractivity contribution in [3.63, 3.8) is 0 Å².